The maximum atomic E-state index is 10.2. The maximum Gasteiger partial charge on any atom is 0.113 e. The molecule has 0 amide bonds. The first-order valence-corrected chi connectivity index (χ1v) is 8.90. The van der Waals surface area contributed by atoms with Gasteiger partial charge in [-0.15, -0.1) is 0 Å². The molecule has 0 fully saturated rings. The summed E-state index contributed by atoms with van der Waals surface area (Å²) in [4.78, 5) is 0. The number of hydrogen-bond acceptors (Lipinski definition) is 1. The zero-order valence-corrected chi connectivity index (χ0v) is 11.0. The predicted octanol–water partition coefficient (Wildman–Crippen LogP) is 2.69. The number of hydrogen-bond donors (Lipinski definition) is 1. The predicted molar refractivity (Wildman–Crippen MR) is 69.1 cm³/mol. The van der Waals surface area contributed by atoms with Crippen LogP contribution in [0.2, 0.25) is 13.1 Å². The van der Waals surface area contributed by atoms with Crippen LogP contribution in [-0.2, 0) is 0 Å². The SMILES string of the molecule is CCCC[C@H](O)[Si](C)(C)c1ccccc1. The average molecular weight is 222 g/mol. The molecule has 0 aromatic heterocycles. The van der Waals surface area contributed by atoms with E-state index in [1.807, 2.05) is 6.07 Å². The van der Waals surface area contributed by atoms with Gasteiger partial charge in [0.15, 0.2) is 0 Å². The topological polar surface area (TPSA) is 20.2 Å². The summed E-state index contributed by atoms with van der Waals surface area (Å²) in [5, 5.41) is 11.6. The van der Waals surface area contributed by atoms with Crippen molar-refractivity contribution in [3.05, 3.63) is 30.3 Å². The Morgan fingerprint density at radius 2 is 1.80 bits per heavy atom. The van der Waals surface area contributed by atoms with E-state index < -0.39 is 8.07 Å². The highest BCUT2D eigenvalue weighted by atomic mass is 28.3. The van der Waals surface area contributed by atoms with Gasteiger partial charge in [0.05, 0.1) is 0 Å². The molecule has 0 aliphatic carbocycles. The van der Waals surface area contributed by atoms with Gasteiger partial charge in [-0.3, -0.25) is 0 Å². The molecule has 1 aromatic rings. The van der Waals surface area contributed by atoms with Gasteiger partial charge in [0.2, 0.25) is 0 Å². The van der Waals surface area contributed by atoms with Crippen LogP contribution < -0.4 is 5.19 Å². The Bertz CT molecular complexity index is 282. The molecule has 2 heteroatoms. The molecule has 0 spiro atoms. The zero-order chi connectivity index (χ0) is 11.3. The lowest BCUT2D eigenvalue weighted by Gasteiger charge is -2.29. The molecule has 0 bridgehead atoms. The highest BCUT2D eigenvalue weighted by molar-refractivity contribution is 6.90. The Kier molecular flexibility index (Phi) is 4.55. The van der Waals surface area contributed by atoms with E-state index in [9.17, 15) is 5.11 Å². The van der Waals surface area contributed by atoms with Gasteiger partial charge >= 0.3 is 0 Å². The van der Waals surface area contributed by atoms with Gasteiger partial charge in [-0.25, -0.2) is 0 Å². The molecule has 0 heterocycles. The van der Waals surface area contributed by atoms with E-state index in [4.69, 9.17) is 0 Å². The van der Waals surface area contributed by atoms with Crippen molar-refractivity contribution in [1.82, 2.24) is 0 Å². The van der Waals surface area contributed by atoms with Crippen LogP contribution in [0.4, 0.5) is 0 Å². The highest BCUT2D eigenvalue weighted by Crippen LogP contribution is 2.14. The van der Waals surface area contributed by atoms with Crippen LogP contribution in [0.15, 0.2) is 30.3 Å². The lowest BCUT2D eigenvalue weighted by Crippen LogP contribution is -2.52. The van der Waals surface area contributed by atoms with Crippen molar-refractivity contribution >= 4 is 13.3 Å². The van der Waals surface area contributed by atoms with Crippen LogP contribution >= 0.6 is 0 Å². The summed E-state index contributed by atoms with van der Waals surface area (Å²) in [7, 11) is -1.66. The average Bonchev–Trinajstić information content (AvgIpc) is 2.27. The summed E-state index contributed by atoms with van der Waals surface area (Å²) in [6, 6.07) is 10.5. The minimum atomic E-state index is -1.66. The van der Waals surface area contributed by atoms with Crippen molar-refractivity contribution in [1.29, 1.82) is 0 Å². The summed E-state index contributed by atoms with van der Waals surface area (Å²) >= 11 is 0. The fraction of sp³-hybridized carbons (Fsp3) is 0.538. The maximum absolute atomic E-state index is 10.2. The molecule has 1 aromatic carbocycles. The minimum Gasteiger partial charge on any atom is -0.396 e. The van der Waals surface area contributed by atoms with Crippen LogP contribution in [0.5, 0.6) is 0 Å². The lowest BCUT2D eigenvalue weighted by atomic mass is 10.3. The van der Waals surface area contributed by atoms with Gasteiger partial charge in [-0.1, -0.05) is 68.4 Å². The third-order valence-electron chi connectivity index (χ3n) is 3.18. The number of benzene rings is 1. The molecule has 0 unspecified atom stereocenters. The normalized spacial score (nSPS) is 13.9. The summed E-state index contributed by atoms with van der Waals surface area (Å²) in [6.45, 7) is 6.68. The number of rotatable bonds is 5. The summed E-state index contributed by atoms with van der Waals surface area (Å²) < 4.78 is 0. The van der Waals surface area contributed by atoms with E-state index in [2.05, 4.69) is 44.3 Å². The monoisotopic (exact) mass is 222 g/mol. The van der Waals surface area contributed by atoms with E-state index in [1.54, 1.807) is 0 Å². The van der Waals surface area contributed by atoms with Gasteiger partial charge in [0.25, 0.3) is 0 Å². The van der Waals surface area contributed by atoms with Crippen LogP contribution in [0.25, 0.3) is 0 Å². The molecule has 0 saturated carbocycles. The van der Waals surface area contributed by atoms with Crippen molar-refractivity contribution in [2.24, 2.45) is 0 Å². The van der Waals surface area contributed by atoms with E-state index in [0.29, 0.717) is 0 Å². The third-order valence-corrected chi connectivity index (χ3v) is 6.96. The number of unbranched alkanes of at least 4 members (excludes halogenated alkanes) is 1. The first kappa shape index (κ1) is 12.5. The number of aliphatic hydroxyl groups is 1. The molecule has 84 valence electrons. The largest absolute Gasteiger partial charge is 0.396 e. The van der Waals surface area contributed by atoms with Gasteiger partial charge in [-0.2, -0.15) is 0 Å². The quantitative estimate of drug-likeness (QED) is 0.760. The Morgan fingerprint density at radius 1 is 1.20 bits per heavy atom. The van der Waals surface area contributed by atoms with Crippen LogP contribution in [-0.4, -0.2) is 18.9 Å². The molecule has 1 N–H and O–H groups in total. The van der Waals surface area contributed by atoms with E-state index in [0.717, 1.165) is 19.3 Å². The van der Waals surface area contributed by atoms with Crippen LogP contribution in [0.3, 0.4) is 0 Å². The second-order valence-electron chi connectivity index (χ2n) is 4.75. The third kappa shape index (κ3) is 3.18. The molecule has 0 radical (unpaired) electrons. The molecule has 1 nitrogen and oxygen atoms in total. The Hall–Kier alpha value is -0.603. The van der Waals surface area contributed by atoms with Crippen molar-refractivity contribution in [3.8, 4) is 0 Å². The molecule has 0 aliphatic heterocycles. The zero-order valence-electron chi connectivity index (χ0n) is 10.0. The molecule has 15 heavy (non-hydrogen) atoms. The molecule has 1 atom stereocenters. The molecular weight excluding hydrogens is 200 g/mol. The fourth-order valence-electron chi connectivity index (χ4n) is 1.82. The minimum absolute atomic E-state index is 0.111. The smallest absolute Gasteiger partial charge is 0.113 e. The first-order chi connectivity index (χ1) is 7.09. The first-order valence-electron chi connectivity index (χ1n) is 5.82. The van der Waals surface area contributed by atoms with Crippen molar-refractivity contribution in [2.75, 3.05) is 0 Å². The summed E-state index contributed by atoms with van der Waals surface area (Å²) in [5.74, 6) is 0. The highest BCUT2D eigenvalue weighted by Gasteiger charge is 2.31. The van der Waals surface area contributed by atoms with Crippen molar-refractivity contribution < 1.29 is 5.11 Å². The second-order valence-corrected chi connectivity index (χ2v) is 9.43. The number of aliphatic hydroxyl groups excluding tert-OH is 1. The Morgan fingerprint density at radius 3 is 2.33 bits per heavy atom. The van der Waals surface area contributed by atoms with E-state index >= 15 is 0 Å². The Balaban J connectivity index is 2.73. The van der Waals surface area contributed by atoms with E-state index in [1.165, 1.54) is 5.19 Å². The fourth-order valence-corrected chi connectivity index (χ4v) is 4.18. The molecule has 0 saturated heterocycles. The Labute approximate surface area is 94.2 Å². The van der Waals surface area contributed by atoms with Crippen molar-refractivity contribution in [2.45, 2.75) is 45.0 Å². The van der Waals surface area contributed by atoms with Crippen LogP contribution in [0.1, 0.15) is 26.2 Å². The molecule has 0 aliphatic rings. The van der Waals surface area contributed by atoms with Gasteiger partial charge in [0, 0.05) is 5.73 Å². The molecular formula is C13H22OSi. The standard InChI is InChI=1S/C13H22OSi/c1-4-5-11-13(14)15(2,3)12-9-7-6-8-10-12/h6-10,13-14H,4-5,11H2,1-3H3/t13-/m1/s1. The van der Waals surface area contributed by atoms with Crippen LogP contribution in [0, 0.1) is 0 Å². The van der Waals surface area contributed by atoms with Crippen molar-refractivity contribution in [3.63, 3.8) is 0 Å². The second kappa shape index (κ2) is 5.47. The lowest BCUT2D eigenvalue weighted by molar-refractivity contribution is 0.231. The van der Waals surface area contributed by atoms with Gasteiger partial charge in [0.1, 0.15) is 8.07 Å². The van der Waals surface area contributed by atoms with Gasteiger partial charge < -0.3 is 5.11 Å². The summed E-state index contributed by atoms with van der Waals surface area (Å²) in [5.41, 5.74) is -0.111. The molecule has 1 rings (SSSR count). The van der Waals surface area contributed by atoms with E-state index in [-0.39, 0.29) is 5.73 Å². The summed E-state index contributed by atoms with van der Waals surface area (Å²) in [6.07, 6.45) is 3.24. The van der Waals surface area contributed by atoms with Gasteiger partial charge in [-0.05, 0) is 6.42 Å².